The Hall–Kier alpha value is -2.10. The molecule has 0 unspecified atom stereocenters. The lowest BCUT2D eigenvalue weighted by atomic mass is 10.2. The number of rotatable bonds is 4. The fourth-order valence-electron chi connectivity index (χ4n) is 2.15. The van der Waals surface area contributed by atoms with E-state index in [-0.39, 0.29) is 5.91 Å². The molecule has 0 bridgehead atoms. The number of aryl methyl sites for hydroxylation is 2. The van der Waals surface area contributed by atoms with Crippen molar-refractivity contribution in [2.75, 3.05) is 11.4 Å². The minimum atomic E-state index is -0.00356. The number of aromatic nitrogens is 2. The smallest absolute Gasteiger partial charge is 0.276 e. The lowest BCUT2D eigenvalue weighted by Gasteiger charge is -2.21. The average molecular weight is 257 g/mol. The van der Waals surface area contributed by atoms with Gasteiger partial charge in [-0.25, -0.2) is 0 Å². The molecule has 0 spiro atoms. The number of carbonyl (C=O) groups is 1. The van der Waals surface area contributed by atoms with Crippen molar-refractivity contribution < 1.29 is 4.79 Å². The molecule has 0 aliphatic heterocycles. The molecule has 1 aromatic heterocycles. The third-order valence-electron chi connectivity index (χ3n) is 3.05. The highest BCUT2D eigenvalue weighted by atomic mass is 16.2. The standard InChI is InChI=1S/C15H19N3O/c1-4-17(13-9-7-6-8-10-13)15(19)14-11-12(3)16-18(14)5-2/h6-11H,4-5H2,1-3H3. The van der Waals surface area contributed by atoms with Gasteiger partial charge in [0.05, 0.1) is 5.69 Å². The zero-order valence-electron chi connectivity index (χ0n) is 11.6. The van der Waals surface area contributed by atoms with Gasteiger partial charge >= 0.3 is 0 Å². The minimum Gasteiger partial charge on any atom is -0.307 e. The SMILES string of the molecule is CCN(C(=O)c1cc(C)nn1CC)c1ccccc1. The Morgan fingerprint density at radius 3 is 2.53 bits per heavy atom. The van der Waals surface area contributed by atoms with E-state index in [1.807, 2.05) is 57.2 Å². The first-order chi connectivity index (χ1) is 9.17. The second-order valence-electron chi connectivity index (χ2n) is 4.37. The number of benzene rings is 1. The summed E-state index contributed by atoms with van der Waals surface area (Å²) in [6, 6.07) is 11.6. The highest BCUT2D eigenvalue weighted by Gasteiger charge is 2.20. The van der Waals surface area contributed by atoms with Crippen molar-refractivity contribution >= 4 is 11.6 Å². The topological polar surface area (TPSA) is 38.1 Å². The molecule has 2 aromatic rings. The van der Waals surface area contributed by atoms with E-state index in [9.17, 15) is 4.79 Å². The Morgan fingerprint density at radius 2 is 1.95 bits per heavy atom. The van der Waals surface area contributed by atoms with E-state index >= 15 is 0 Å². The molecular formula is C15H19N3O. The van der Waals surface area contributed by atoms with Gasteiger partial charge in [0.2, 0.25) is 0 Å². The number of hydrogen-bond acceptors (Lipinski definition) is 2. The van der Waals surface area contributed by atoms with Gasteiger partial charge in [-0.3, -0.25) is 9.48 Å². The molecule has 19 heavy (non-hydrogen) atoms. The predicted molar refractivity (Wildman–Crippen MR) is 76.4 cm³/mol. The molecule has 1 amide bonds. The van der Waals surface area contributed by atoms with Crippen LogP contribution in [0.15, 0.2) is 36.4 Å². The van der Waals surface area contributed by atoms with Gasteiger partial charge in [0, 0.05) is 18.8 Å². The third kappa shape index (κ3) is 2.67. The first-order valence-corrected chi connectivity index (χ1v) is 6.58. The Morgan fingerprint density at radius 1 is 1.26 bits per heavy atom. The molecule has 1 heterocycles. The van der Waals surface area contributed by atoms with Crippen LogP contribution < -0.4 is 4.90 Å². The lowest BCUT2D eigenvalue weighted by molar-refractivity contribution is 0.0978. The molecule has 0 fully saturated rings. The predicted octanol–water partition coefficient (Wildman–Crippen LogP) is 2.88. The summed E-state index contributed by atoms with van der Waals surface area (Å²) in [5.74, 6) is -0.00356. The van der Waals surface area contributed by atoms with E-state index in [1.54, 1.807) is 9.58 Å². The quantitative estimate of drug-likeness (QED) is 0.844. The van der Waals surface area contributed by atoms with Gasteiger partial charge in [-0.1, -0.05) is 18.2 Å². The lowest BCUT2D eigenvalue weighted by Crippen LogP contribution is -2.32. The van der Waals surface area contributed by atoms with Gasteiger partial charge in [-0.05, 0) is 39.0 Å². The van der Waals surface area contributed by atoms with Crippen molar-refractivity contribution in [3.8, 4) is 0 Å². The molecule has 0 radical (unpaired) electrons. The van der Waals surface area contributed by atoms with E-state index in [0.717, 1.165) is 11.4 Å². The van der Waals surface area contributed by atoms with Crippen LogP contribution in [0.1, 0.15) is 30.0 Å². The zero-order valence-corrected chi connectivity index (χ0v) is 11.6. The first-order valence-electron chi connectivity index (χ1n) is 6.58. The maximum Gasteiger partial charge on any atom is 0.276 e. The van der Waals surface area contributed by atoms with Gasteiger partial charge in [-0.15, -0.1) is 0 Å². The summed E-state index contributed by atoms with van der Waals surface area (Å²) in [6.45, 7) is 7.20. The molecular weight excluding hydrogens is 238 g/mol. The van der Waals surface area contributed by atoms with E-state index in [0.29, 0.717) is 18.8 Å². The summed E-state index contributed by atoms with van der Waals surface area (Å²) in [6.07, 6.45) is 0. The summed E-state index contributed by atoms with van der Waals surface area (Å²) >= 11 is 0. The molecule has 100 valence electrons. The van der Waals surface area contributed by atoms with Crippen LogP contribution in [0.25, 0.3) is 0 Å². The highest BCUT2D eigenvalue weighted by Crippen LogP contribution is 2.17. The Kier molecular flexibility index (Phi) is 4.00. The van der Waals surface area contributed by atoms with Crippen LogP contribution in [0.3, 0.4) is 0 Å². The summed E-state index contributed by atoms with van der Waals surface area (Å²) in [5.41, 5.74) is 2.43. The van der Waals surface area contributed by atoms with Crippen LogP contribution in [0.5, 0.6) is 0 Å². The van der Waals surface area contributed by atoms with Gasteiger partial charge in [-0.2, -0.15) is 5.10 Å². The van der Waals surface area contributed by atoms with Gasteiger partial charge < -0.3 is 4.90 Å². The zero-order chi connectivity index (χ0) is 13.8. The maximum atomic E-state index is 12.6. The molecule has 1 aromatic carbocycles. The van der Waals surface area contributed by atoms with Crippen molar-refractivity contribution in [1.82, 2.24) is 9.78 Å². The van der Waals surface area contributed by atoms with E-state index < -0.39 is 0 Å². The second kappa shape index (κ2) is 5.69. The van der Waals surface area contributed by atoms with Crippen molar-refractivity contribution in [3.63, 3.8) is 0 Å². The van der Waals surface area contributed by atoms with Crippen LogP contribution in [0, 0.1) is 6.92 Å². The third-order valence-corrected chi connectivity index (χ3v) is 3.05. The fraction of sp³-hybridized carbons (Fsp3) is 0.333. The largest absolute Gasteiger partial charge is 0.307 e. The normalized spacial score (nSPS) is 10.5. The Balaban J connectivity index is 2.36. The van der Waals surface area contributed by atoms with Crippen molar-refractivity contribution in [2.45, 2.75) is 27.3 Å². The van der Waals surface area contributed by atoms with Crippen LogP contribution in [-0.4, -0.2) is 22.2 Å². The van der Waals surface area contributed by atoms with Crippen molar-refractivity contribution in [3.05, 3.63) is 47.8 Å². The van der Waals surface area contributed by atoms with Crippen molar-refractivity contribution in [1.29, 1.82) is 0 Å². The van der Waals surface area contributed by atoms with Crippen LogP contribution >= 0.6 is 0 Å². The van der Waals surface area contributed by atoms with Crippen molar-refractivity contribution in [2.24, 2.45) is 0 Å². The van der Waals surface area contributed by atoms with Crippen LogP contribution in [-0.2, 0) is 6.54 Å². The number of nitrogens with zero attached hydrogens (tertiary/aromatic N) is 3. The molecule has 2 rings (SSSR count). The molecule has 0 aliphatic carbocycles. The van der Waals surface area contributed by atoms with E-state index in [4.69, 9.17) is 0 Å². The van der Waals surface area contributed by atoms with Crippen LogP contribution in [0.2, 0.25) is 0 Å². The average Bonchev–Trinajstić information content (AvgIpc) is 2.82. The van der Waals surface area contributed by atoms with Crippen LogP contribution in [0.4, 0.5) is 5.69 Å². The summed E-state index contributed by atoms with van der Waals surface area (Å²) in [7, 11) is 0. The summed E-state index contributed by atoms with van der Waals surface area (Å²) in [4.78, 5) is 14.4. The first kappa shape index (κ1) is 13.3. The van der Waals surface area contributed by atoms with Gasteiger partial charge in [0.25, 0.3) is 5.91 Å². The Bertz CT molecular complexity index is 560. The molecule has 0 saturated heterocycles. The highest BCUT2D eigenvalue weighted by molar-refractivity contribution is 6.05. The minimum absolute atomic E-state index is 0.00356. The van der Waals surface area contributed by atoms with E-state index in [2.05, 4.69) is 5.10 Å². The molecule has 4 heteroatoms. The van der Waals surface area contributed by atoms with Gasteiger partial charge in [0.15, 0.2) is 0 Å². The fourth-order valence-corrected chi connectivity index (χ4v) is 2.15. The number of amides is 1. The molecule has 0 atom stereocenters. The summed E-state index contributed by atoms with van der Waals surface area (Å²) < 4.78 is 1.75. The summed E-state index contributed by atoms with van der Waals surface area (Å²) in [5, 5.41) is 4.33. The molecule has 0 N–H and O–H groups in total. The monoisotopic (exact) mass is 257 g/mol. The molecule has 4 nitrogen and oxygen atoms in total. The number of para-hydroxylation sites is 1. The Labute approximate surface area is 113 Å². The number of hydrogen-bond donors (Lipinski definition) is 0. The second-order valence-corrected chi connectivity index (χ2v) is 4.37. The molecule has 0 saturated carbocycles. The van der Waals surface area contributed by atoms with E-state index in [1.165, 1.54) is 0 Å². The van der Waals surface area contributed by atoms with Gasteiger partial charge in [0.1, 0.15) is 5.69 Å². The number of anilines is 1. The maximum absolute atomic E-state index is 12.6. The molecule has 0 aliphatic rings. The number of carbonyl (C=O) groups excluding carboxylic acids is 1.